The van der Waals surface area contributed by atoms with Gasteiger partial charge in [0.1, 0.15) is 12.4 Å². The average Bonchev–Trinajstić information content (AvgIpc) is 2.62. The molecule has 0 aliphatic rings. The zero-order valence-electron chi connectivity index (χ0n) is 9.88. The van der Waals surface area contributed by atoms with Gasteiger partial charge < -0.3 is 0 Å². The van der Waals surface area contributed by atoms with Crippen LogP contribution in [0.4, 0.5) is 0 Å². The molecule has 0 aromatic carbocycles. The average molecular weight is 195 g/mol. The molecule has 0 amide bonds. The fourth-order valence-electron chi connectivity index (χ4n) is 1.85. The zero-order valence-corrected chi connectivity index (χ0v) is 9.88. The Balaban J connectivity index is 2.68. The molecule has 80 valence electrons. The van der Waals surface area contributed by atoms with Gasteiger partial charge >= 0.3 is 0 Å². The summed E-state index contributed by atoms with van der Waals surface area (Å²) in [5, 5.41) is 0. The van der Waals surface area contributed by atoms with Crippen LogP contribution in [0.1, 0.15) is 64.7 Å². The molecule has 1 aromatic rings. The maximum Gasteiger partial charge on any atom is 0.257 e. The molecule has 0 fully saturated rings. The predicted molar refractivity (Wildman–Crippen MR) is 59.3 cm³/mol. The molecule has 0 aliphatic heterocycles. The molecule has 14 heavy (non-hydrogen) atoms. The smallest absolute Gasteiger partial charge is 0.247 e. The third kappa shape index (κ3) is 2.60. The van der Waals surface area contributed by atoms with Gasteiger partial charge in [-0.1, -0.05) is 26.7 Å². The molecule has 0 saturated heterocycles. The van der Waals surface area contributed by atoms with Crippen LogP contribution in [0.15, 0.2) is 12.4 Å². The van der Waals surface area contributed by atoms with Crippen molar-refractivity contribution in [3.63, 3.8) is 0 Å². The Morgan fingerprint density at radius 3 is 2.64 bits per heavy atom. The molecular weight excluding hydrogens is 172 g/mol. The van der Waals surface area contributed by atoms with E-state index >= 15 is 0 Å². The molecule has 0 unspecified atom stereocenters. The highest BCUT2D eigenvalue weighted by Crippen LogP contribution is 2.17. The Kier molecular flexibility index (Phi) is 4.18. The van der Waals surface area contributed by atoms with Crippen LogP contribution in [-0.4, -0.2) is 4.98 Å². The van der Waals surface area contributed by atoms with Crippen LogP contribution >= 0.6 is 0 Å². The minimum absolute atomic E-state index is 0.556. The summed E-state index contributed by atoms with van der Waals surface area (Å²) in [6.07, 6.45) is 8.06. The van der Waals surface area contributed by atoms with Gasteiger partial charge in [-0.3, -0.25) is 0 Å². The van der Waals surface area contributed by atoms with Crippen molar-refractivity contribution in [1.29, 1.82) is 0 Å². The molecule has 0 bridgehead atoms. The second kappa shape index (κ2) is 5.18. The summed E-state index contributed by atoms with van der Waals surface area (Å²) in [6, 6.07) is 0.556. The second-order valence-electron chi connectivity index (χ2n) is 4.39. The molecule has 2 nitrogen and oxygen atoms in total. The van der Waals surface area contributed by atoms with Crippen LogP contribution < -0.4 is 4.57 Å². The highest BCUT2D eigenvalue weighted by molar-refractivity contribution is 4.87. The van der Waals surface area contributed by atoms with Crippen LogP contribution in [-0.2, 0) is 0 Å². The van der Waals surface area contributed by atoms with E-state index in [-0.39, 0.29) is 0 Å². The third-order valence-electron chi connectivity index (χ3n) is 2.76. The lowest BCUT2D eigenvalue weighted by atomic mass is 10.0. The fourth-order valence-corrected chi connectivity index (χ4v) is 1.85. The maximum atomic E-state index is 3.36. The van der Waals surface area contributed by atoms with Crippen molar-refractivity contribution in [3.8, 4) is 0 Å². The Hall–Kier alpha value is -0.790. The summed E-state index contributed by atoms with van der Waals surface area (Å²) in [5.41, 5.74) is 0. The molecular formula is C12H23N2+. The van der Waals surface area contributed by atoms with E-state index in [0.29, 0.717) is 12.0 Å². The second-order valence-corrected chi connectivity index (χ2v) is 4.39. The van der Waals surface area contributed by atoms with Crippen LogP contribution in [0.2, 0.25) is 0 Å². The molecule has 1 aromatic heterocycles. The van der Waals surface area contributed by atoms with Crippen molar-refractivity contribution in [3.05, 3.63) is 18.2 Å². The molecule has 0 spiro atoms. The summed E-state index contributed by atoms with van der Waals surface area (Å²) < 4.78 is 2.33. The van der Waals surface area contributed by atoms with Gasteiger partial charge in [0.25, 0.3) is 5.82 Å². The molecule has 0 saturated carbocycles. The highest BCUT2D eigenvalue weighted by Gasteiger charge is 2.19. The van der Waals surface area contributed by atoms with Gasteiger partial charge in [0.2, 0.25) is 0 Å². The highest BCUT2D eigenvalue weighted by atomic mass is 15.1. The Labute approximate surface area is 87.4 Å². The van der Waals surface area contributed by atoms with Crippen molar-refractivity contribution >= 4 is 0 Å². The van der Waals surface area contributed by atoms with E-state index in [4.69, 9.17) is 0 Å². The number of hydrogen-bond acceptors (Lipinski definition) is 0. The van der Waals surface area contributed by atoms with Crippen molar-refractivity contribution in [2.24, 2.45) is 0 Å². The standard InChI is InChI=1S/C12H22N2/c1-5-6-7-11(4)12-13-8-9-14(12)10(2)3/h8-11H,5-7H2,1-4H3/p+1/t11-/m0/s1. The van der Waals surface area contributed by atoms with Gasteiger partial charge in [0, 0.05) is 0 Å². The van der Waals surface area contributed by atoms with E-state index in [1.165, 1.54) is 25.1 Å². The first-order chi connectivity index (χ1) is 6.66. The molecule has 1 rings (SSSR count). The van der Waals surface area contributed by atoms with Crippen LogP contribution in [0.25, 0.3) is 0 Å². The number of imidazole rings is 1. The van der Waals surface area contributed by atoms with Gasteiger partial charge in [-0.2, -0.15) is 0 Å². The Bertz CT molecular complexity index is 263. The van der Waals surface area contributed by atoms with E-state index in [0.717, 1.165) is 0 Å². The fraction of sp³-hybridized carbons (Fsp3) is 0.750. The van der Waals surface area contributed by atoms with Gasteiger partial charge in [-0.15, -0.1) is 0 Å². The van der Waals surface area contributed by atoms with Crippen LogP contribution in [0.5, 0.6) is 0 Å². The molecule has 0 radical (unpaired) electrons. The lowest BCUT2D eigenvalue weighted by molar-refractivity contribution is -0.723. The first kappa shape index (κ1) is 11.3. The summed E-state index contributed by atoms with van der Waals surface area (Å²) in [5.74, 6) is 2.01. The summed E-state index contributed by atoms with van der Waals surface area (Å²) in [6.45, 7) is 9.01. The number of aromatic nitrogens is 2. The normalized spacial score (nSPS) is 13.5. The quantitative estimate of drug-likeness (QED) is 0.696. The molecule has 1 N–H and O–H groups in total. The summed E-state index contributed by atoms with van der Waals surface area (Å²) in [7, 11) is 0. The lowest BCUT2D eigenvalue weighted by Gasteiger charge is -2.09. The minimum Gasteiger partial charge on any atom is -0.247 e. The van der Waals surface area contributed by atoms with Gasteiger partial charge in [-0.05, 0) is 20.3 Å². The van der Waals surface area contributed by atoms with Crippen molar-refractivity contribution in [2.45, 2.75) is 58.9 Å². The first-order valence-electron chi connectivity index (χ1n) is 5.75. The van der Waals surface area contributed by atoms with Gasteiger partial charge in [0.05, 0.1) is 12.0 Å². The number of nitrogens with zero attached hydrogens (tertiary/aromatic N) is 1. The zero-order chi connectivity index (χ0) is 10.6. The van der Waals surface area contributed by atoms with Crippen LogP contribution in [0, 0.1) is 0 Å². The van der Waals surface area contributed by atoms with Crippen molar-refractivity contribution in [1.82, 2.24) is 4.98 Å². The first-order valence-corrected chi connectivity index (χ1v) is 5.75. The van der Waals surface area contributed by atoms with Crippen molar-refractivity contribution in [2.75, 3.05) is 0 Å². The molecule has 0 aliphatic carbocycles. The number of rotatable bonds is 5. The van der Waals surface area contributed by atoms with Crippen LogP contribution in [0.3, 0.4) is 0 Å². The molecule has 1 atom stereocenters. The topological polar surface area (TPSA) is 19.7 Å². The predicted octanol–water partition coefficient (Wildman–Crippen LogP) is 3.18. The summed E-state index contributed by atoms with van der Waals surface area (Å²) >= 11 is 0. The Morgan fingerprint density at radius 2 is 2.07 bits per heavy atom. The minimum atomic E-state index is 0.556. The van der Waals surface area contributed by atoms with Gasteiger partial charge in [0.15, 0.2) is 0 Å². The number of unbranched alkanes of at least 4 members (excludes halogenated alkanes) is 1. The molecule has 1 heterocycles. The van der Waals surface area contributed by atoms with E-state index < -0.39 is 0 Å². The monoisotopic (exact) mass is 195 g/mol. The van der Waals surface area contributed by atoms with Gasteiger partial charge in [-0.25, -0.2) is 9.55 Å². The van der Waals surface area contributed by atoms with E-state index in [2.05, 4.69) is 43.4 Å². The van der Waals surface area contributed by atoms with E-state index in [1.807, 2.05) is 6.20 Å². The number of H-pyrrole nitrogens is 1. The molecule has 2 heteroatoms. The van der Waals surface area contributed by atoms with E-state index in [1.54, 1.807) is 0 Å². The number of aromatic amines is 1. The summed E-state index contributed by atoms with van der Waals surface area (Å²) in [4.78, 5) is 3.36. The SMILES string of the molecule is CCCC[C@H](C)c1[nH]cc[n+]1C(C)C. The Morgan fingerprint density at radius 1 is 1.36 bits per heavy atom. The lowest BCUT2D eigenvalue weighted by Crippen LogP contribution is -2.39. The maximum absolute atomic E-state index is 3.36. The van der Waals surface area contributed by atoms with E-state index in [9.17, 15) is 0 Å². The largest absolute Gasteiger partial charge is 0.257 e. The number of nitrogens with one attached hydrogen (secondary N) is 1. The number of hydrogen-bond donors (Lipinski definition) is 1. The third-order valence-corrected chi connectivity index (χ3v) is 2.76. The van der Waals surface area contributed by atoms with Crippen molar-refractivity contribution < 1.29 is 4.57 Å².